The van der Waals surface area contributed by atoms with Crippen LogP contribution in [0, 0.1) is 5.82 Å². The second-order valence-electron chi connectivity index (χ2n) is 4.92. The lowest BCUT2D eigenvalue weighted by atomic mass is 10.00. The molecule has 1 aromatic carbocycles. The molecule has 0 aromatic heterocycles. The number of likely N-dealkylation sites (tertiary alicyclic amines) is 1. The predicted molar refractivity (Wildman–Crippen MR) is 75.4 cm³/mol. The topological polar surface area (TPSA) is 52.6 Å². The summed E-state index contributed by atoms with van der Waals surface area (Å²) in [6.45, 7) is 3.65. The molecule has 4 nitrogen and oxygen atoms in total. The molecule has 1 aromatic rings. The largest absolute Gasteiger partial charge is 0.480 e. The van der Waals surface area contributed by atoms with Crippen LogP contribution in [0.2, 0.25) is 5.02 Å². The first-order valence-electron chi connectivity index (χ1n) is 6.67. The maximum atomic E-state index is 13.6. The van der Waals surface area contributed by atoms with E-state index in [2.05, 4.69) is 10.2 Å². The van der Waals surface area contributed by atoms with Crippen LogP contribution in [0.4, 0.5) is 4.39 Å². The average molecular weight is 301 g/mol. The van der Waals surface area contributed by atoms with Crippen molar-refractivity contribution in [3.63, 3.8) is 0 Å². The molecule has 20 heavy (non-hydrogen) atoms. The van der Waals surface area contributed by atoms with E-state index in [0.717, 1.165) is 25.1 Å². The predicted octanol–water partition coefficient (Wildman–Crippen LogP) is 2.29. The lowest BCUT2D eigenvalue weighted by molar-refractivity contribution is -0.136. The molecule has 0 bridgehead atoms. The van der Waals surface area contributed by atoms with E-state index in [1.807, 2.05) is 6.92 Å². The summed E-state index contributed by atoms with van der Waals surface area (Å²) >= 11 is 5.71. The molecular formula is C14H18ClFN2O2. The van der Waals surface area contributed by atoms with Gasteiger partial charge in [0.1, 0.15) is 5.82 Å². The molecule has 110 valence electrons. The lowest BCUT2D eigenvalue weighted by Gasteiger charge is -2.28. The molecule has 0 radical (unpaired) electrons. The number of rotatable bonds is 5. The van der Waals surface area contributed by atoms with E-state index in [1.54, 1.807) is 12.1 Å². The number of likely N-dealkylation sites (N-methyl/N-ethyl adjacent to an activating group) is 1. The first kappa shape index (κ1) is 15.2. The molecule has 1 fully saturated rings. The Morgan fingerprint density at radius 3 is 2.95 bits per heavy atom. The smallest absolute Gasteiger partial charge is 0.317 e. The van der Waals surface area contributed by atoms with E-state index >= 15 is 0 Å². The molecule has 1 saturated heterocycles. The summed E-state index contributed by atoms with van der Waals surface area (Å²) < 4.78 is 13.6. The van der Waals surface area contributed by atoms with Gasteiger partial charge in [-0.25, -0.2) is 4.39 Å². The van der Waals surface area contributed by atoms with E-state index in [4.69, 9.17) is 16.7 Å². The van der Waals surface area contributed by atoms with Crippen LogP contribution in [-0.4, -0.2) is 41.7 Å². The van der Waals surface area contributed by atoms with E-state index < -0.39 is 11.8 Å². The highest BCUT2D eigenvalue weighted by Crippen LogP contribution is 2.33. The molecule has 0 saturated carbocycles. The van der Waals surface area contributed by atoms with Crippen molar-refractivity contribution in [2.75, 3.05) is 19.6 Å². The van der Waals surface area contributed by atoms with Crippen molar-refractivity contribution in [3.05, 3.63) is 34.6 Å². The molecule has 2 N–H and O–H groups in total. The monoisotopic (exact) mass is 300 g/mol. The van der Waals surface area contributed by atoms with Gasteiger partial charge in [-0.15, -0.1) is 0 Å². The first-order chi connectivity index (χ1) is 9.52. The Morgan fingerprint density at radius 1 is 1.60 bits per heavy atom. The number of carbonyl (C=O) groups is 1. The summed E-state index contributed by atoms with van der Waals surface area (Å²) in [6, 6.07) is 4.78. The van der Waals surface area contributed by atoms with E-state index in [0.29, 0.717) is 0 Å². The summed E-state index contributed by atoms with van der Waals surface area (Å²) in [5.41, 5.74) is 0.828. The van der Waals surface area contributed by atoms with Crippen molar-refractivity contribution >= 4 is 17.6 Å². The number of hydrogen-bond donors (Lipinski definition) is 2. The molecule has 2 unspecified atom stereocenters. The number of carboxylic acids is 1. The fourth-order valence-corrected chi connectivity index (χ4v) is 2.90. The maximum absolute atomic E-state index is 13.6. The summed E-state index contributed by atoms with van der Waals surface area (Å²) in [7, 11) is 0. The fraction of sp³-hybridized carbons (Fsp3) is 0.500. The van der Waals surface area contributed by atoms with Gasteiger partial charge in [0.2, 0.25) is 0 Å². The van der Waals surface area contributed by atoms with Crippen molar-refractivity contribution in [2.45, 2.75) is 25.4 Å². The van der Waals surface area contributed by atoms with Gasteiger partial charge in [0, 0.05) is 12.6 Å². The fourth-order valence-electron chi connectivity index (χ4n) is 2.78. The molecule has 1 aliphatic heterocycles. The van der Waals surface area contributed by atoms with Crippen LogP contribution in [0.25, 0.3) is 0 Å². The normalized spacial score (nSPS) is 23.1. The second kappa shape index (κ2) is 6.52. The van der Waals surface area contributed by atoms with Gasteiger partial charge in [0.15, 0.2) is 0 Å². The van der Waals surface area contributed by atoms with Crippen molar-refractivity contribution in [3.8, 4) is 0 Å². The Labute approximate surface area is 122 Å². The minimum absolute atomic E-state index is 0.00613. The third kappa shape index (κ3) is 3.29. The van der Waals surface area contributed by atoms with Gasteiger partial charge in [0.05, 0.1) is 17.6 Å². The van der Waals surface area contributed by atoms with Crippen LogP contribution in [0.1, 0.15) is 24.9 Å². The minimum atomic E-state index is -0.888. The van der Waals surface area contributed by atoms with Gasteiger partial charge >= 0.3 is 5.97 Å². The standard InChI is InChI=1S/C14H18ClFN2O2/c1-2-18-6-5-12(17-8-13(19)20)14(18)9-3-4-10(15)11(16)7-9/h3-4,7,12,14,17H,2,5-6,8H2,1H3,(H,19,20). The third-order valence-electron chi connectivity index (χ3n) is 3.71. The lowest BCUT2D eigenvalue weighted by Crippen LogP contribution is -2.38. The summed E-state index contributed by atoms with van der Waals surface area (Å²) in [5.74, 6) is -1.33. The maximum Gasteiger partial charge on any atom is 0.317 e. The molecule has 0 aliphatic carbocycles. The van der Waals surface area contributed by atoms with Gasteiger partial charge in [-0.2, -0.15) is 0 Å². The minimum Gasteiger partial charge on any atom is -0.480 e. The highest BCUT2D eigenvalue weighted by Gasteiger charge is 2.34. The van der Waals surface area contributed by atoms with Gasteiger partial charge < -0.3 is 10.4 Å². The number of nitrogens with zero attached hydrogens (tertiary/aromatic N) is 1. The molecular weight excluding hydrogens is 283 g/mol. The number of carboxylic acid groups (broad SMARTS) is 1. The van der Waals surface area contributed by atoms with Crippen LogP contribution >= 0.6 is 11.6 Å². The Hall–Kier alpha value is -1.17. The van der Waals surface area contributed by atoms with Crippen LogP contribution in [0.15, 0.2) is 18.2 Å². The van der Waals surface area contributed by atoms with Gasteiger partial charge in [-0.05, 0) is 30.7 Å². The number of aliphatic carboxylic acids is 1. The van der Waals surface area contributed by atoms with Gasteiger partial charge in [-0.1, -0.05) is 24.6 Å². The van der Waals surface area contributed by atoms with E-state index in [1.165, 1.54) is 6.07 Å². The first-order valence-corrected chi connectivity index (χ1v) is 7.05. The number of nitrogens with one attached hydrogen (secondary N) is 1. The molecule has 1 heterocycles. The van der Waals surface area contributed by atoms with Crippen molar-refractivity contribution < 1.29 is 14.3 Å². The SMILES string of the molecule is CCN1CCC(NCC(=O)O)C1c1ccc(Cl)c(F)c1. The summed E-state index contributed by atoms with van der Waals surface area (Å²) in [6.07, 6.45) is 0.843. The molecule has 6 heteroatoms. The Kier molecular flexibility index (Phi) is 4.96. The summed E-state index contributed by atoms with van der Waals surface area (Å²) in [5, 5.41) is 11.9. The van der Waals surface area contributed by atoms with E-state index in [9.17, 15) is 9.18 Å². The highest BCUT2D eigenvalue weighted by atomic mass is 35.5. The van der Waals surface area contributed by atoms with Crippen LogP contribution in [0.5, 0.6) is 0 Å². The molecule has 2 atom stereocenters. The van der Waals surface area contributed by atoms with Crippen molar-refractivity contribution in [1.29, 1.82) is 0 Å². The van der Waals surface area contributed by atoms with Gasteiger partial charge in [0.25, 0.3) is 0 Å². The average Bonchev–Trinajstić information content (AvgIpc) is 2.82. The number of benzene rings is 1. The molecule has 0 amide bonds. The van der Waals surface area contributed by atoms with Crippen LogP contribution < -0.4 is 5.32 Å². The Bertz CT molecular complexity index is 498. The Balaban J connectivity index is 2.21. The third-order valence-corrected chi connectivity index (χ3v) is 4.02. The zero-order valence-corrected chi connectivity index (χ0v) is 12.0. The zero-order chi connectivity index (χ0) is 14.7. The highest BCUT2D eigenvalue weighted by molar-refractivity contribution is 6.30. The van der Waals surface area contributed by atoms with Crippen molar-refractivity contribution in [2.24, 2.45) is 0 Å². The molecule has 1 aliphatic rings. The Morgan fingerprint density at radius 2 is 2.35 bits per heavy atom. The van der Waals surface area contributed by atoms with Crippen molar-refractivity contribution in [1.82, 2.24) is 10.2 Å². The summed E-state index contributed by atoms with van der Waals surface area (Å²) in [4.78, 5) is 12.9. The number of hydrogen-bond acceptors (Lipinski definition) is 3. The quantitative estimate of drug-likeness (QED) is 0.876. The van der Waals surface area contributed by atoms with Crippen LogP contribution in [0.3, 0.4) is 0 Å². The van der Waals surface area contributed by atoms with E-state index in [-0.39, 0.29) is 23.7 Å². The van der Waals surface area contributed by atoms with Crippen LogP contribution in [-0.2, 0) is 4.79 Å². The van der Waals surface area contributed by atoms with Gasteiger partial charge in [-0.3, -0.25) is 9.69 Å². The molecule has 0 spiro atoms. The second-order valence-corrected chi connectivity index (χ2v) is 5.32. The zero-order valence-electron chi connectivity index (χ0n) is 11.3. The molecule has 2 rings (SSSR count). The number of halogens is 2.